The molecule has 2 aromatic rings. The molecule has 0 unspecified atom stereocenters. The predicted molar refractivity (Wildman–Crippen MR) is 79.9 cm³/mol. The van der Waals surface area contributed by atoms with Gasteiger partial charge in [-0.3, -0.25) is 0 Å². The van der Waals surface area contributed by atoms with Gasteiger partial charge in [0.1, 0.15) is 10.8 Å². The van der Waals surface area contributed by atoms with Gasteiger partial charge in [0.2, 0.25) is 0 Å². The predicted octanol–water partition coefficient (Wildman–Crippen LogP) is 2.84. The summed E-state index contributed by atoms with van der Waals surface area (Å²) in [5.41, 5.74) is 11.1. The summed E-state index contributed by atoms with van der Waals surface area (Å²) in [6.45, 7) is 0. The fraction of sp³-hybridized carbons (Fsp3) is 0.0769. The lowest BCUT2D eigenvalue weighted by Gasteiger charge is -2.12. The molecule has 0 aliphatic carbocycles. The minimum atomic E-state index is -3.31. The van der Waals surface area contributed by atoms with Crippen molar-refractivity contribution in [3.63, 3.8) is 0 Å². The van der Waals surface area contributed by atoms with Crippen molar-refractivity contribution in [2.45, 2.75) is 4.90 Å². The lowest BCUT2D eigenvalue weighted by atomic mass is 10.2. The van der Waals surface area contributed by atoms with Gasteiger partial charge in [0.25, 0.3) is 0 Å². The second kappa shape index (κ2) is 5.42. The van der Waals surface area contributed by atoms with Crippen LogP contribution in [0.4, 0.5) is 15.8 Å². The molecule has 0 aliphatic heterocycles. The highest BCUT2D eigenvalue weighted by Gasteiger charge is 2.16. The molecule has 0 saturated carbocycles. The summed E-state index contributed by atoms with van der Waals surface area (Å²) < 4.78 is 42.0. The van der Waals surface area contributed by atoms with E-state index in [2.05, 4.69) is 0 Å². The minimum Gasteiger partial charge on any atom is -0.452 e. The van der Waals surface area contributed by atoms with Gasteiger partial charge in [-0.1, -0.05) is 11.6 Å². The van der Waals surface area contributed by atoms with E-state index in [0.29, 0.717) is 0 Å². The third-order valence-corrected chi connectivity index (χ3v) is 4.20. The molecule has 0 spiro atoms. The first-order valence-electron chi connectivity index (χ1n) is 5.71. The Morgan fingerprint density at radius 3 is 2.24 bits per heavy atom. The maximum Gasteiger partial charge on any atom is 0.188 e. The Bertz CT molecular complexity index is 792. The highest BCUT2D eigenvalue weighted by Crippen LogP contribution is 2.38. The molecule has 0 atom stereocenters. The molecule has 2 aromatic carbocycles. The SMILES string of the molecule is CS(=O)(=O)c1ccc(Oc2c(N)cc(N)c(Cl)c2F)cc1. The molecule has 0 heterocycles. The molecule has 0 saturated heterocycles. The van der Waals surface area contributed by atoms with E-state index in [1.165, 1.54) is 30.3 Å². The monoisotopic (exact) mass is 330 g/mol. The number of anilines is 2. The molecule has 0 aromatic heterocycles. The maximum absolute atomic E-state index is 14.0. The summed E-state index contributed by atoms with van der Waals surface area (Å²) >= 11 is 5.69. The van der Waals surface area contributed by atoms with Crippen LogP contribution in [-0.4, -0.2) is 14.7 Å². The Kier molecular flexibility index (Phi) is 3.97. The van der Waals surface area contributed by atoms with Crippen LogP contribution in [-0.2, 0) is 9.84 Å². The van der Waals surface area contributed by atoms with Gasteiger partial charge in [-0.2, -0.15) is 0 Å². The third-order valence-electron chi connectivity index (χ3n) is 2.69. The lowest BCUT2D eigenvalue weighted by Crippen LogP contribution is -2.00. The van der Waals surface area contributed by atoms with Crippen LogP contribution in [0.2, 0.25) is 5.02 Å². The standard InChI is InChI=1S/C13H12ClFN2O3S/c1-21(18,19)8-4-2-7(3-5-8)20-13-10(17)6-9(16)11(14)12(13)15/h2-6H,16-17H2,1H3. The Morgan fingerprint density at radius 1 is 1.14 bits per heavy atom. The van der Waals surface area contributed by atoms with Crippen molar-refractivity contribution in [2.24, 2.45) is 0 Å². The van der Waals surface area contributed by atoms with E-state index in [9.17, 15) is 12.8 Å². The van der Waals surface area contributed by atoms with E-state index in [1.54, 1.807) is 0 Å². The van der Waals surface area contributed by atoms with Gasteiger partial charge in [0.05, 0.1) is 16.3 Å². The minimum absolute atomic E-state index is 0.00596. The summed E-state index contributed by atoms with van der Waals surface area (Å²) in [6.07, 6.45) is 1.08. The number of ether oxygens (including phenoxy) is 1. The number of hydrogen-bond donors (Lipinski definition) is 2. The molecule has 4 N–H and O–H groups in total. The second-order valence-electron chi connectivity index (χ2n) is 4.36. The van der Waals surface area contributed by atoms with Crippen LogP contribution in [0.3, 0.4) is 0 Å². The van der Waals surface area contributed by atoms with Crippen molar-refractivity contribution in [3.8, 4) is 11.5 Å². The first kappa shape index (κ1) is 15.4. The van der Waals surface area contributed by atoms with Crippen molar-refractivity contribution < 1.29 is 17.5 Å². The Hall–Kier alpha value is -1.99. The molecule has 0 fully saturated rings. The Balaban J connectivity index is 2.37. The molecule has 5 nitrogen and oxygen atoms in total. The summed E-state index contributed by atoms with van der Waals surface area (Å²) in [7, 11) is -3.31. The molecule has 8 heteroatoms. The van der Waals surface area contributed by atoms with Gasteiger partial charge in [-0.05, 0) is 30.3 Å². The van der Waals surface area contributed by atoms with Gasteiger partial charge < -0.3 is 16.2 Å². The normalized spacial score (nSPS) is 11.4. The van der Waals surface area contributed by atoms with Crippen LogP contribution in [0.1, 0.15) is 0 Å². The quantitative estimate of drug-likeness (QED) is 0.844. The summed E-state index contributed by atoms with van der Waals surface area (Å²) in [6, 6.07) is 6.75. The van der Waals surface area contributed by atoms with Crippen molar-refractivity contribution in [1.82, 2.24) is 0 Å². The van der Waals surface area contributed by atoms with Crippen molar-refractivity contribution >= 4 is 32.8 Å². The average Bonchev–Trinajstić information content (AvgIpc) is 2.41. The van der Waals surface area contributed by atoms with Crippen molar-refractivity contribution in [3.05, 3.63) is 41.2 Å². The number of nitrogens with two attached hydrogens (primary N) is 2. The third kappa shape index (κ3) is 3.20. The van der Waals surface area contributed by atoms with Gasteiger partial charge in [0.15, 0.2) is 21.4 Å². The average molecular weight is 331 g/mol. The molecule has 0 bridgehead atoms. The fourth-order valence-electron chi connectivity index (χ4n) is 1.63. The Morgan fingerprint density at radius 2 is 1.71 bits per heavy atom. The van der Waals surface area contributed by atoms with Crippen LogP contribution in [0.15, 0.2) is 35.2 Å². The zero-order valence-corrected chi connectivity index (χ0v) is 12.5. The molecule has 112 valence electrons. The first-order valence-corrected chi connectivity index (χ1v) is 7.98. The second-order valence-corrected chi connectivity index (χ2v) is 6.75. The summed E-state index contributed by atoms with van der Waals surface area (Å²) in [5, 5.41) is -0.285. The van der Waals surface area contributed by atoms with Crippen LogP contribution in [0, 0.1) is 5.82 Å². The number of rotatable bonds is 3. The topological polar surface area (TPSA) is 95.4 Å². The number of halogens is 2. The largest absolute Gasteiger partial charge is 0.452 e. The molecular formula is C13H12ClFN2O3S. The molecule has 0 amide bonds. The van der Waals surface area contributed by atoms with Gasteiger partial charge in [0, 0.05) is 6.26 Å². The van der Waals surface area contributed by atoms with E-state index in [0.717, 1.165) is 6.26 Å². The summed E-state index contributed by atoms with van der Waals surface area (Å²) in [5.74, 6) is -0.920. The smallest absolute Gasteiger partial charge is 0.188 e. The van der Waals surface area contributed by atoms with E-state index in [4.69, 9.17) is 27.8 Å². The summed E-state index contributed by atoms with van der Waals surface area (Å²) in [4.78, 5) is 0.124. The molecule has 21 heavy (non-hydrogen) atoms. The van der Waals surface area contributed by atoms with E-state index >= 15 is 0 Å². The number of hydrogen-bond acceptors (Lipinski definition) is 5. The van der Waals surface area contributed by atoms with E-state index in [-0.39, 0.29) is 32.8 Å². The number of nitrogen functional groups attached to an aromatic ring is 2. The van der Waals surface area contributed by atoms with Crippen LogP contribution in [0.5, 0.6) is 11.5 Å². The van der Waals surface area contributed by atoms with Crippen LogP contribution >= 0.6 is 11.6 Å². The fourth-order valence-corrected chi connectivity index (χ4v) is 2.40. The zero-order chi connectivity index (χ0) is 15.8. The van der Waals surface area contributed by atoms with E-state index in [1.807, 2.05) is 0 Å². The number of sulfone groups is 1. The first-order chi connectivity index (χ1) is 9.70. The highest BCUT2D eigenvalue weighted by molar-refractivity contribution is 7.90. The number of benzene rings is 2. The lowest BCUT2D eigenvalue weighted by molar-refractivity contribution is 0.445. The highest BCUT2D eigenvalue weighted by atomic mass is 35.5. The van der Waals surface area contributed by atoms with Crippen molar-refractivity contribution in [2.75, 3.05) is 17.7 Å². The van der Waals surface area contributed by atoms with Crippen molar-refractivity contribution in [1.29, 1.82) is 0 Å². The zero-order valence-electron chi connectivity index (χ0n) is 10.9. The van der Waals surface area contributed by atoms with Crippen LogP contribution < -0.4 is 16.2 Å². The van der Waals surface area contributed by atoms with Crippen LogP contribution in [0.25, 0.3) is 0 Å². The van der Waals surface area contributed by atoms with Gasteiger partial charge in [-0.25, -0.2) is 12.8 Å². The Labute approximate surface area is 126 Å². The molecule has 2 rings (SSSR count). The van der Waals surface area contributed by atoms with E-state index < -0.39 is 15.7 Å². The van der Waals surface area contributed by atoms with Gasteiger partial charge >= 0.3 is 0 Å². The molecular weight excluding hydrogens is 319 g/mol. The maximum atomic E-state index is 14.0. The molecule has 0 radical (unpaired) electrons. The molecule has 0 aliphatic rings. The van der Waals surface area contributed by atoms with Gasteiger partial charge in [-0.15, -0.1) is 0 Å².